The first kappa shape index (κ1) is 15.9. The first-order valence-electron chi connectivity index (χ1n) is 8.30. The maximum Gasteiger partial charge on any atom is 0.126 e. The molecular weight excluding hydrogens is 286 g/mol. The molecule has 1 heterocycles. The van der Waals surface area contributed by atoms with Gasteiger partial charge in [0.05, 0.1) is 14.2 Å². The highest BCUT2D eigenvalue weighted by atomic mass is 16.5. The molecule has 2 aromatic rings. The molecule has 0 unspecified atom stereocenters. The molecule has 0 saturated carbocycles. The summed E-state index contributed by atoms with van der Waals surface area (Å²) < 4.78 is 10.9. The maximum atomic E-state index is 5.53. The van der Waals surface area contributed by atoms with Crippen molar-refractivity contribution in [3.63, 3.8) is 0 Å². The predicted octanol–water partition coefficient (Wildman–Crippen LogP) is 3.69. The Kier molecular flexibility index (Phi) is 5.19. The highest BCUT2D eigenvalue weighted by molar-refractivity contribution is 5.47. The second kappa shape index (κ2) is 7.51. The average molecular weight is 311 g/mol. The van der Waals surface area contributed by atoms with E-state index >= 15 is 0 Å². The van der Waals surface area contributed by atoms with Gasteiger partial charge in [-0.25, -0.2) is 0 Å². The van der Waals surface area contributed by atoms with Gasteiger partial charge in [0.1, 0.15) is 11.5 Å². The molecule has 3 rings (SSSR count). The predicted molar refractivity (Wildman–Crippen MR) is 93.3 cm³/mol. The summed E-state index contributed by atoms with van der Waals surface area (Å²) >= 11 is 0. The number of ether oxygens (including phenoxy) is 2. The summed E-state index contributed by atoms with van der Waals surface area (Å²) in [5.74, 6) is 1.84. The van der Waals surface area contributed by atoms with Crippen molar-refractivity contribution in [2.45, 2.75) is 25.8 Å². The summed E-state index contributed by atoms with van der Waals surface area (Å²) in [6.07, 6.45) is 3.39. The summed E-state index contributed by atoms with van der Waals surface area (Å²) in [4.78, 5) is 2.53. The molecule has 0 fully saturated rings. The topological polar surface area (TPSA) is 21.7 Å². The van der Waals surface area contributed by atoms with E-state index in [9.17, 15) is 0 Å². The van der Waals surface area contributed by atoms with E-state index in [4.69, 9.17) is 9.47 Å². The summed E-state index contributed by atoms with van der Waals surface area (Å²) in [5, 5.41) is 0. The third kappa shape index (κ3) is 3.85. The van der Waals surface area contributed by atoms with Crippen LogP contribution in [0.3, 0.4) is 0 Å². The average Bonchev–Trinajstić information content (AvgIpc) is 2.61. The molecule has 1 aliphatic rings. The first-order chi connectivity index (χ1) is 11.3. The van der Waals surface area contributed by atoms with Crippen LogP contribution in [0.2, 0.25) is 0 Å². The number of fused-ring (bicyclic) bond motifs is 1. The van der Waals surface area contributed by atoms with Gasteiger partial charge in [0.25, 0.3) is 0 Å². The van der Waals surface area contributed by atoms with Crippen molar-refractivity contribution in [1.82, 2.24) is 4.90 Å². The van der Waals surface area contributed by atoms with Crippen LogP contribution in [-0.2, 0) is 19.4 Å². The number of methoxy groups -OCH3 is 2. The Bertz CT molecular complexity index is 640. The van der Waals surface area contributed by atoms with E-state index in [2.05, 4.69) is 41.3 Å². The molecule has 3 heteroatoms. The fraction of sp³-hybridized carbons (Fsp3) is 0.400. The zero-order chi connectivity index (χ0) is 16.1. The summed E-state index contributed by atoms with van der Waals surface area (Å²) in [5.41, 5.74) is 4.10. The van der Waals surface area contributed by atoms with Crippen LogP contribution in [-0.4, -0.2) is 32.2 Å². The molecule has 0 aromatic heterocycles. The standard InChI is InChI=1S/C20H25NO2/c1-22-18-13-17-15-21(12-10-19(17)20(14-18)23-2)11-6-9-16-7-4-3-5-8-16/h3-5,7-8,13-14H,6,9-12,15H2,1-2H3. The molecule has 3 nitrogen and oxygen atoms in total. The maximum absolute atomic E-state index is 5.53. The van der Waals surface area contributed by atoms with Gasteiger partial charge in [0, 0.05) is 24.7 Å². The molecule has 0 amide bonds. The minimum Gasteiger partial charge on any atom is -0.497 e. The van der Waals surface area contributed by atoms with Gasteiger partial charge in [-0.05, 0) is 43.0 Å². The van der Waals surface area contributed by atoms with Crippen molar-refractivity contribution in [3.8, 4) is 11.5 Å². The van der Waals surface area contributed by atoms with E-state index in [1.165, 1.54) is 23.1 Å². The molecule has 1 aliphatic heterocycles. The van der Waals surface area contributed by atoms with Crippen molar-refractivity contribution in [3.05, 3.63) is 59.2 Å². The minimum absolute atomic E-state index is 0.881. The Balaban J connectivity index is 1.61. The number of rotatable bonds is 6. The molecule has 0 aliphatic carbocycles. The first-order valence-corrected chi connectivity index (χ1v) is 8.30. The fourth-order valence-electron chi connectivity index (χ4n) is 3.33. The van der Waals surface area contributed by atoms with E-state index in [-0.39, 0.29) is 0 Å². The lowest BCUT2D eigenvalue weighted by molar-refractivity contribution is 0.247. The number of aryl methyl sites for hydroxylation is 1. The van der Waals surface area contributed by atoms with E-state index in [0.29, 0.717) is 0 Å². The SMILES string of the molecule is COc1cc2c(c(OC)c1)CCN(CCCc1ccccc1)C2. The quantitative estimate of drug-likeness (QED) is 0.812. The second-order valence-electron chi connectivity index (χ2n) is 6.08. The molecule has 0 spiro atoms. The van der Waals surface area contributed by atoms with Gasteiger partial charge >= 0.3 is 0 Å². The van der Waals surface area contributed by atoms with Gasteiger partial charge in [-0.2, -0.15) is 0 Å². The van der Waals surface area contributed by atoms with Gasteiger partial charge in [-0.15, -0.1) is 0 Å². The summed E-state index contributed by atoms with van der Waals surface area (Å²) in [6, 6.07) is 14.9. The number of benzene rings is 2. The number of hydrogen-bond acceptors (Lipinski definition) is 3. The lowest BCUT2D eigenvalue weighted by Crippen LogP contribution is -2.31. The summed E-state index contributed by atoms with van der Waals surface area (Å²) in [7, 11) is 3.45. The Hall–Kier alpha value is -2.00. The lowest BCUT2D eigenvalue weighted by atomic mass is 9.97. The zero-order valence-electron chi connectivity index (χ0n) is 14.0. The van der Waals surface area contributed by atoms with E-state index in [1.807, 2.05) is 6.07 Å². The Labute approximate surface area is 138 Å². The minimum atomic E-state index is 0.881. The van der Waals surface area contributed by atoms with E-state index < -0.39 is 0 Å². The van der Waals surface area contributed by atoms with E-state index in [1.54, 1.807) is 14.2 Å². The lowest BCUT2D eigenvalue weighted by Gasteiger charge is -2.30. The van der Waals surface area contributed by atoms with Gasteiger partial charge in [-0.1, -0.05) is 30.3 Å². The number of nitrogens with zero attached hydrogens (tertiary/aromatic N) is 1. The van der Waals surface area contributed by atoms with Crippen molar-refractivity contribution >= 4 is 0 Å². The van der Waals surface area contributed by atoms with Crippen LogP contribution in [0.15, 0.2) is 42.5 Å². The zero-order valence-corrected chi connectivity index (χ0v) is 14.0. The van der Waals surface area contributed by atoms with Crippen molar-refractivity contribution in [2.24, 2.45) is 0 Å². The molecule has 0 atom stereocenters. The molecular formula is C20H25NO2. The third-order valence-electron chi connectivity index (χ3n) is 4.59. The molecule has 2 aromatic carbocycles. The highest BCUT2D eigenvalue weighted by Crippen LogP contribution is 2.32. The van der Waals surface area contributed by atoms with Crippen molar-refractivity contribution < 1.29 is 9.47 Å². The van der Waals surface area contributed by atoms with Gasteiger partial charge in [0.15, 0.2) is 0 Å². The van der Waals surface area contributed by atoms with Crippen LogP contribution in [0.5, 0.6) is 11.5 Å². The van der Waals surface area contributed by atoms with Crippen LogP contribution in [0, 0.1) is 0 Å². The van der Waals surface area contributed by atoms with Crippen LogP contribution < -0.4 is 9.47 Å². The van der Waals surface area contributed by atoms with Crippen molar-refractivity contribution in [2.75, 3.05) is 27.3 Å². The molecule has 0 saturated heterocycles. The Morgan fingerprint density at radius 2 is 1.87 bits per heavy atom. The molecule has 122 valence electrons. The molecule has 0 radical (unpaired) electrons. The van der Waals surface area contributed by atoms with Crippen LogP contribution in [0.25, 0.3) is 0 Å². The fourth-order valence-corrected chi connectivity index (χ4v) is 3.33. The van der Waals surface area contributed by atoms with Crippen LogP contribution >= 0.6 is 0 Å². The van der Waals surface area contributed by atoms with Gasteiger partial charge < -0.3 is 9.47 Å². The van der Waals surface area contributed by atoms with Crippen LogP contribution in [0.4, 0.5) is 0 Å². The normalized spacial score (nSPS) is 14.3. The second-order valence-corrected chi connectivity index (χ2v) is 6.08. The Morgan fingerprint density at radius 3 is 2.61 bits per heavy atom. The van der Waals surface area contributed by atoms with Gasteiger partial charge in [0.2, 0.25) is 0 Å². The third-order valence-corrected chi connectivity index (χ3v) is 4.59. The van der Waals surface area contributed by atoms with E-state index in [0.717, 1.165) is 44.0 Å². The monoisotopic (exact) mass is 311 g/mol. The molecule has 0 bridgehead atoms. The highest BCUT2D eigenvalue weighted by Gasteiger charge is 2.20. The molecule has 23 heavy (non-hydrogen) atoms. The van der Waals surface area contributed by atoms with Crippen LogP contribution in [0.1, 0.15) is 23.1 Å². The van der Waals surface area contributed by atoms with Crippen molar-refractivity contribution in [1.29, 1.82) is 0 Å². The largest absolute Gasteiger partial charge is 0.497 e. The molecule has 0 N–H and O–H groups in total. The summed E-state index contributed by atoms with van der Waals surface area (Å²) in [6.45, 7) is 3.22. The Morgan fingerprint density at radius 1 is 1.04 bits per heavy atom. The smallest absolute Gasteiger partial charge is 0.126 e. The number of hydrogen-bond donors (Lipinski definition) is 0. The van der Waals surface area contributed by atoms with Gasteiger partial charge in [-0.3, -0.25) is 4.90 Å².